The quantitative estimate of drug-likeness (QED) is 0.349. The van der Waals surface area contributed by atoms with Crippen molar-refractivity contribution in [3.05, 3.63) is 69.8 Å². The molecule has 1 N–H and O–H groups in total. The number of carbonyl (C=O) groups is 1. The average Bonchev–Trinajstić information content (AvgIpc) is 2.57. The van der Waals surface area contributed by atoms with Gasteiger partial charge in [-0.1, -0.05) is 83.5 Å². The fourth-order valence-electron chi connectivity index (χ4n) is 3.60. The van der Waals surface area contributed by atoms with Crippen LogP contribution >= 0.6 is 0 Å². The Morgan fingerprint density at radius 3 is 1.83 bits per heavy atom. The van der Waals surface area contributed by atoms with Crippen LogP contribution < -0.4 is 4.74 Å². The summed E-state index contributed by atoms with van der Waals surface area (Å²) >= 11 is 0. The van der Waals surface area contributed by atoms with Gasteiger partial charge in [-0.3, -0.25) is 0 Å². The third-order valence-electron chi connectivity index (χ3n) is 5.18. The Balaban J connectivity index is 2.71. The number of aromatic hydroxyl groups is 1. The lowest BCUT2D eigenvalue weighted by Gasteiger charge is -2.26. The van der Waals surface area contributed by atoms with E-state index in [9.17, 15) is 9.90 Å². The number of esters is 1. The van der Waals surface area contributed by atoms with Gasteiger partial charge in [-0.05, 0) is 42.7 Å². The van der Waals surface area contributed by atoms with Gasteiger partial charge in [-0.15, -0.1) is 0 Å². The summed E-state index contributed by atoms with van der Waals surface area (Å²) in [7, 11) is 0. The second-order valence-electron chi connectivity index (χ2n) is 10.5. The van der Waals surface area contributed by atoms with E-state index in [2.05, 4.69) is 54.2 Å². The average molecular weight is 409 g/mol. The monoisotopic (exact) mass is 408 g/mol. The fourth-order valence-corrected chi connectivity index (χ4v) is 3.60. The number of hydrogen-bond donors (Lipinski definition) is 1. The van der Waals surface area contributed by atoms with Crippen molar-refractivity contribution >= 4 is 5.97 Å². The maximum Gasteiger partial charge on any atom is 0.338 e. The van der Waals surface area contributed by atoms with Gasteiger partial charge in [-0.2, -0.15) is 0 Å². The predicted molar refractivity (Wildman–Crippen MR) is 125 cm³/mol. The van der Waals surface area contributed by atoms with E-state index in [0.717, 1.165) is 33.4 Å². The van der Waals surface area contributed by atoms with E-state index in [0.29, 0.717) is 23.5 Å². The molecular weight excluding hydrogens is 372 g/mol. The van der Waals surface area contributed by atoms with Gasteiger partial charge in [0.05, 0.1) is 0 Å². The molecule has 30 heavy (non-hydrogen) atoms. The van der Waals surface area contributed by atoms with Crippen molar-refractivity contribution in [3.8, 4) is 11.5 Å². The number of hydrogen-bond acceptors (Lipinski definition) is 3. The summed E-state index contributed by atoms with van der Waals surface area (Å²) in [6.07, 6.45) is 0.472. The van der Waals surface area contributed by atoms with E-state index >= 15 is 0 Å². The number of phenolic OH excluding ortho intramolecular Hbond substituents is 1. The number of benzene rings is 2. The van der Waals surface area contributed by atoms with Crippen LogP contribution in [0.4, 0.5) is 0 Å². The van der Waals surface area contributed by atoms with Gasteiger partial charge in [-0.25, -0.2) is 4.79 Å². The van der Waals surface area contributed by atoms with E-state index < -0.39 is 5.97 Å². The van der Waals surface area contributed by atoms with E-state index in [1.54, 1.807) is 6.92 Å². The zero-order chi connectivity index (χ0) is 23.0. The van der Waals surface area contributed by atoms with Gasteiger partial charge in [0.25, 0.3) is 0 Å². The topological polar surface area (TPSA) is 46.5 Å². The van der Waals surface area contributed by atoms with E-state index in [-0.39, 0.29) is 10.8 Å². The molecule has 0 aliphatic carbocycles. The molecule has 0 heterocycles. The molecule has 0 unspecified atom stereocenters. The maximum absolute atomic E-state index is 12.4. The number of aryl methyl sites for hydroxylation is 2. The first-order valence-electron chi connectivity index (χ1n) is 10.5. The first kappa shape index (κ1) is 23.7. The highest BCUT2D eigenvalue weighted by Gasteiger charge is 2.26. The Labute approximate surface area is 181 Å². The van der Waals surface area contributed by atoms with Gasteiger partial charge < -0.3 is 9.84 Å². The van der Waals surface area contributed by atoms with Crippen LogP contribution in [0.2, 0.25) is 0 Å². The molecule has 3 nitrogen and oxygen atoms in total. The van der Waals surface area contributed by atoms with E-state index in [1.807, 2.05) is 32.0 Å². The van der Waals surface area contributed by atoms with Crippen molar-refractivity contribution in [2.75, 3.05) is 0 Å². The summed E-state index contributed by atoms with van der Waals surface area (Å²) in [4.78, 5) is 12.4. The minimum atomic E-state index is -0.436. The SMILES string of the molecule is C=C(C)C(=O)Oc1c(Cc2cc(C)cc(C(C)(C)C)c2O)cc(C)cc1C(C)(C)C. The molecule has 2 rings (SSSR count). The molecule has 2 aromatic carbocycles. The molecule has 0 aromatic heterocycles. The molecule has 0 aliphatic rings. The normalized spacial score (nSPS) is 12.0. The standard InChI is InChI=1S/C27H36O3/c1-16(2)25(29)30-24-20(12-18(4)14-22(24)27(8,9)10)15-19-11-17(3)13-21(23(19)28)26(5,6)7/h11-14,28H,1,15H2,2-10H3. The highest BCUT2D eigenvalue weighted by Crippen LogP contribution is 2.40. The van der Waals surface area contributed by atoms with Crippen LogP contribution in [-0.4, -0.2) is 11.1 Å². The van der Waals surface area contributed by atoms with Crippen molar-refractivity contribution in [1.29, 1.82) is 0 Å². The van der Waals surface area contributed by atoms with Crippen LogP contribution in [0, 0.1) is 13.8 Å². The highest BCUT2D eigenvalue weighted by molar-refractivity contribution is 5.89. The van der Waals surface area contributed by atoms with Crippen molar-refractivity contribution < 1.29 is 14.6 Å². The highest BCUT2D eigenvalue weighted by atomic mass is 16.5. The third kappa shape index (κ3) is 5.33. The molecule has 0 bridgehead atoms. The van der Waals surface area contributed by atoms with Gasteiger partial charge >= 0.3 is 5.97 Å². The molecular formula is C27H36O3. The summed E-state index contributed by atoms with van der Waals surface area (Å²) in [5.74, 6) is 0.442. The van der Waals surface area contributed by atoms with E-state index in [1.165, 1.54) is 0 Å². The third-order valence-corrected chi connectivity index (χ3v) is 5.18. The van der Waals surface area contributed by atoms with Gasteiger partial charge in [0.2, 0.25) is 0 Å². The number of rotatable bonds is 4. The van der Waals surface area contributed by atoms with Gasteiger partial charge in [0.15, 0.2) is 0 Å². The molecule has 162 valence electrons. The van der Waals surface area contributed by atoms with Crippen LogP contribution in [0.5, 0.6) is 11.5 Å². The zero-order valence-electron chi connectivity index (χ0n) is 20.0. The summed E-state index contributed by atoms with van der Waals surface area (Å²) < 4.78 is 5.84. The summed E-state index contributed by atoms with van der Waals surface area (Å²) in [6, 6.07) is 8.15. The lowest BCUT2D eigenvalue weighted by Crippen LogP contribution is -2.19. The Kier molecular flexibility index (Phi) is 6.56. The molecule has 0 radical (unpaired) electrons. The summed E-state index contributed by atoms with van der Waals surface area (Å²) in [5.41, 5.74) is 5.75. The van der Waals surface area contributed by atoms with E-state index in [4.69, 9.17) is 4.74 Å². The first-order chi connectivity index (χ1) is 13.6. The fraction of sp³-hybridized carbons (Fsp3) is 0.444. The second kappa shape index (κ2) is 8.29. The van der Waals surface area contributed by atoms with Gasteiger partial charge in [0.1, 0.15) is 11.5 Å². The molecule has 2 aromatic rings. The number of carbonyl (C=O) groups excluding carboxylic acids is 1. The van der Waals surface area contributed by atoms with Crippen molar-refractivity contribution in [3.63, 3.8) is 0 Å². The molecule has 0 amide bonds. The molecule has 0 atom stereocenters. The minimum absolute atomic E-state index is 0.177. The lowest BCUT2D eigenvalue weighted by atomic mass is 9.81. The summed E-state index contributed by atoms with van der Waals surface area (Å²) in [5, 5.41) is 11.0. The van der Waals surface area contributed by atoms with Crippen molar-refractivity contribution in [2.24, 2.45) is 0 Å². The molecule has 3 heteroatoms. The smallest absolute Gasteiger partial charge is 0.338 e. The summed E-state index contributed by atoms with van der Waals surface area (Å²) in [6.45, 7) is 22.0. The molecule has 0 saturated carbocycles. The van der Waals surface area contributed by atoms with Crippen LogP contribution in [0.3, 0.4) is 0 Å². The lowest BCUT2D eigenvalue weighted by molar-refractivity contribution is -0.130. The van der Waals surface area contributed by atoms with Gasteiger partial charge in [0, 0.05) is 23.1 Å². The Morgan fingerprint density at radius 1 is 0.900 bits per heavy atom. The minimum Gasteiger partial charge on any atom is -0.507 e. The van der Waals surface area contributed by atoms with Crippen molar-refractivity contribution in [1.82, 2.24) is 0 Å². The largest absolute Gasteiger partial charge is 0.507 e. The van der Waals surface area contributed by atoms with Crippen LogP contribution in [0.1, 0.15) is 81.8 Å². The first-order valence-corrected chi connectivity index (χ1v) is 10.5. The molecule has 0 spiro atoms. The van der Waals surface area contributed by atoms with Crippen LogP contribution in [-0.2, 0) is 22.0 Å². The molecule has 0 aliphatic heterocycles. The van der Waals surface area contributed by atoms with Crippen LogP contribution in [0.25, 0.3) is 0 Å². The molecule has 0 saturated heterocycles. The molecule has 0 fully saturated rings. The zero-order valence-corrected chi connectivity index (χ0v) is 20.0. The van der Waals surface area contributed by atoms with Crippen LogP contribution in [0.15, 0.2) is 36.4 Å². The number of ether oxygens (including phenoxy) is 1. The Hall–Kier alpha value is -2.55. The Bertz CT molecular complexity index is 983. The number of phenols is 1. The second-order valence-corrected chi connectivity index (χ2v) is 10.5. The predicted octanol–water partition coefficient (Wildman–Crippen LogP) is 6.68. The van der Waals surface area contributed by atoms with Crippen molar-refractivity contribution in [2.45, 2.75) is 79.6 Å². The Morgan fingerprint density at radius 2 is 1.37 bits per heavy atom. The maximum atomic E-state index is 12.4.